The summed E-state index contributed by atoms with van der Waals surface area (Å²) in [5, 5.41) is 4.70. The van der Waals surface area contributed by atoms with Gasteiger partial charge in [-0.05, 0) is 42.3 Å². The molecule has 0 unspecified atom stereocenters. The molecule has 1 aromatic carbocycles. The molecule has 3 rings (SSSR count). The minimum Gasteiger partial charge on any atom is -0.302 e. The average molecular weight is 414 g/mol. The largest absolute Gasteiger partial charge is 0.302 e. The Morgan fingerprint density at radius 3 is 2.75 bits per heavy atom. The van der Waals surface area contributed by atoms with E-state index in [1.165, 1.54) is 16.2 Å². The number of anilines is 1. The van der Waals surface area contributed by atoms with Gasteiger partial charge in [-0.2, -0.15) is 0 Å². The van der Waals surface area contributed by atoms with Crippen molar-refractivity contribution in [3.63, 3.8) is 0 Å². The summed E-state index contributed by atoms with van der Waals surface area (Å²) in [7, 11) is 0. The lowest BCUT2D eigenvalue weighted by molar-refractivity contribution is -0.123. The Morgan fingerprint density at radius 1 is 1.25 bits per heavy atom. The maximum absolute atomic E-state index is 12.5. The van der Waals surface area contributed by atoms with Crippen LogP contribution in [-0.2, 0) is 9.59 Å². The maximum atomic E-state index is 12.5. The van der Waals surface area contributed by atoms with Gasteiger partial charge in [-0.1, -0.05) is 36.4 Å². The summed E-state index contributed by atoms with van der Waals surface area (Å²) in [6.45, 7) is 2.11. The highest BCUT2D eigenvalue weighted by Crippen LogP contribution is 2.32. The SMILES string of the molecule is CC(=C/c1ccccc1)/C=C1/SC(=O)N(CCCC(=O)Nc2nccs2)C1=O. The molecule has 8 heteroatoms. The normalized spacial score (nSPS) is 16.1. The van der Waals surface area contributed by atoms with Crippen molar-refractivity contribution in [3.05, 3.63) is 64.0 Å². The van der Waals surface area contributed by atoms with Gasteiger partial charge in [0.2, 0.25) is 5.91 Å². The first-order valence-corrected chi connectivity index (χ1v) is 10.4. The number of rotatable bonds is 7. The Labute approximate surface area is 171 Å². The number of thioether (sulfide) groups is 1. The molecule has 1 fully saturated rings. The number of aromatic nitrogens is 1. The van der Waals surface area contributed by atoms with E-state index >= 15 is 0 Å². The number of nitrogens with one attached hydrogen (secondary N) is 1. The van der Waals surface area contributed by atoms with Gasteiger partial charge >= 0.3 is 0 Å². The molecule has 2 heterocycles. The lowest BCUT2D eigenvalue weighted by Crippen LogP contribution is -2.29. The molecule has 1 N–H and O–H groups in total. The van der Waals surface area contributed by atoms with Gasteiger partial charge in [0.1, 0.15) is 0 Å². The van der Waals surface area contributed by atoms with E-state index in [1.54, 1.807) is 17.7 Å². The van der Waals surface area contributed by atoms with Crippen molar-refractivity contribution < 1.29 is 14.4 Å². The molecule has 0 saturated carbocycles. The lowest BCUT2D eigenvalue weighted by atomic mass is 10.1. The molecule has 1 aliphatic rings. The second-order valence-corrected chi connectivity index (χ2v) is 8.01. The first kappa shape index (κ1) is 20.0. The zero-order chi connectivity index (χ0) is 19.9. The Hall–Kier alpha value is -2.71. The number of benzene rings is 1. The number of allylic oxidation sites excluding steroid dienone is 2. The van der Waals surface area contributed by atoms with E-state index in [4.69, 9.17) is 0 Å². The topological polar surface area (TPSA) is 79.4 Å². The first-order chi connectivity index (χ1) is 13.5. The van der Waals surface area contributed by atoms with Crippen molar-refractivity contribution in [1.29, 1.82) is 0 Å². The maximum Gasteiger partial charge on any atom is 0.293 e. The monoisotopic (exact) mass is 413 g/mol. The van der Waals surface area contributed by atoms with Crippen molar-refractivity contribution in [2.45, 2.75) is 19.8 Å². The zero-order valence-electron chi connectivity index (χ0n) is 15.3. The zero-order valence-corrected chi connectivity index (χ0v) is 16.9. The van der Waals surface area contributed by atoms with Crippen LogP contribution in [-0.4, -0.2) is 33.5 Å². The summed E-state index contributed by atoms with van der Waals surface area (Å²) >= 11 is 2.27. The number of carbonyl (C=O) groups excluding carboxylic acids is 3. The summed E-state index contributed by atoms with van der Waals surface area (Å²) in [6.07, 6.45) is 5.92. The van der Waals surface area contributed by atoms with Crippen molar-refractivity contribution in [1.82, 2.24) is 9.88 Å². The number of thiazole rings is 1. The number of nitrogens with zero attached hydrogens (tertiary/aromatic N) is 2. The summed E-state index contributed by atoms with van der Waals surface area (Å²) in [4.78, 5) is 42.1. The summed E-state index contributed by atoms with van der Waals surface area (Å²) in [5.41, 5.74) is 1.92. The fourth-order valence-electron chi connectivity index (χ4n) is 2.62. The molecule has 0 bridgehead atoms. The van der Waals surface area contributed by atoms with Crippen LogP contribution >= 0.6 is 23.1 Å². The molecule has 1 saturated heterocycles. The van der Waals surface area contributed by atoms with Crippen LogP contribution in [0.2, 0.25) is 0 Å². The molecule has 0 radical (unpaired) electrons. The summed E-state index contributed by atoms with van der Waals surface area (Å²) in [6, 6.07) is 9.77. The van der Waals surface area contributed by atoms with Crippen molar-refractivity contribution >= 4 is 51.4 Å². The van der Waals surface area contributed by atoms with Crippen LogP contribution in [0.4, 0.5) is 9.93 Å². The predicted octanol–water partition coefficient (Wildman–Crippen LogP) is 4.54. The van der Waals surface area contributed by atoms with Crippen LogP contribution in [0.15, 0.2) is 58.5 Å². The van der Waals surface area contributed by atoms with Gasteiger partial charge in [0, 0.05) is 24.5 Å². The van der Waals surface area contributed by atoms with E-state index in [0.717, 1.165) is 22.9 Å². The van der Waals surface area contributed by atoms with E-state index in [2.05, 4.69) is 10.3 Å². The van der Waals surface area contributed by atoms with Crippen LogP contribution in [0.3, 0.4) is 0 Å². The third-order valence-electron chi connectivity index (χ3n) is 3.89. The Balaban J connectivity index is 1.54. The molecule has 0 aliphatic carbocycles. The fraction of sp³-hybridized carbons (Fsp3) is 0.200. The first-order valence-electron chi connectivity index (χ1n) is 8.71. The number of carbonyl (C=O) groups is 3. The van der Waals surface area contributed by atoms with E-state index in [1.807, 2.05) is 43.3 Å². The molecule has 2 aromatic rings. The molecule has 3 amide bonds. The Kier molecular flexibility index (Phi) is 6.78. The molecule has 0 spiro atoms. The van der Waals surface area contributed by atoms with Gasteiger partial charge in [0.15, 0.2) is 5.13 Å². The van der Waals surface area contributed by atoms with Gasteiger partial charge in [-0.3, -0.25) is 19.3 Å². The quantitative estimate of drug-likeness (QED) is 0.674. The van der Waals surface area contributed by atoms with E-state index in [0.29, 0.717) is 16.5 Å². The second kappa shape index (κ2) is 9.48. The van der Waals surface area contributed by atoms with Crippen molar-refractivity contribution in [2.75, 3.05) is 11.9 Å². The highest BCUT2D eigenvalue weighted by Gasteiger charge is 2.34. The number of amides is 3. The minimum atomic E-state index is -0.309. The third-order valence-corrected chi connectivity index (χ3v) is 5.49. The molecule has 28 heavy (non-hydrogen) atoms. The molecular formula is C20H19N3O3S2. The smallest absolute Gasteiger partial charge is 0.293 e. The highest BCUT2D eigenvalue weighted by atomic mass is 32.2. The van der Waals surface area contributed by atoms with Gasteiger partial charge < -0.3 is 5.32 Å². The van der Waals surface area contributed by atoms with Gasteiger partial charge in [0.25, 0.3) is 11.1 Å². The van der Waals surface area contributed by atoms with Gasteiger partial charge in [0.05, 0.1) is 4.91 Å². The number of hydrogen-bond acceptors (Lipinski definition) is 6. The van der Waals surface area contributed by atoms with Gasteiger partial charge in [-0.15, -0.1) is 11.3 Å². The Bertz CT molecular complexity index is 921. The average Bonchev–Trinajstić information content (AvgIpc) is 3.26. The standard InChI is InChI=1S/C20H19N3O3S2/c1-14(12-15-6-3-2-4-7-15)13-16-18(25)23(20(26)28-16)10-5-8-17(24)22-19-21-9-11-27-19/h2-4,6-7,9,11-13H,5,8,10H2,1H3,(H,21,22,24)/b14-12-,16-13+. The van der Waals surface area contributed by atoms with E-state index < -0.39 is 0 Å². The van der Waals surface area contributed by atoms with Crippen LogP contribution in [0.5, 0.6) is 0 Å². The molecule has 1 aliphatic heterocycles. The number of imide groups is 1. The molecule has 1 aromatic heterocycles. The Morgan fingerprint density at radius 2 is 2.04 bits per heavy atom. The van der Waals surface area contributed by atoms with E-state index in [-0.39, 0.29) is 30.0 Å². The van der Waals surface area contributed by atoms with Crippen LogP contribution in [0.1, 0.15) is 25.3 Å². The van der Waals surface area contributed by atoms with Gasteiger partial charge in [-0.25, -0.2) is 4.98 Å². The minimum absolute atomic E-state index is 0.181. The van der Waals surface area contributed by atoms with Crippen molar-refractivity contribution in [3.8, 4) is 0 Å². The van der Waals surface area contributed by atoms with Crippen molar-refractivity contribution in [2.24, 2.45) is 0 Å². The summed E-state index contributed by atoms with van der Waals surface area (Å²) < 4.78 is 0. The highest BCUT2D eigenvalue weighted by molar-refractivity contribution is 8.18. The molecule has 0 atom stereocenters. The molecular weight excluding hydrogens is 394 g/mol. The number of hydrogen-bond donors (Lipinski definition) is 1. The summed E-state index contributed by atoms with van der Waals surface area (Å²) in [5.74, 6) is -0.491. The lowest BCUT2D eigenvalue weighted by Gasteiger charge is -2.11. The third kappa shape index (κ3) is 5.40. The second-order valence-electron chi connectivity index (χ2n) is 6.12. The molecule has 6 nitrogen and oxygen atoms in total. The van der Waals surface area contributed by atoms with Crippen LogP contribution in [0.25, 0.3) is 6.08 Å². The fourth-order valence-corrected chi connectivity index (χ4v) is 4.08. The van der Waals surface area contributed by atoms with Crippen LogP contribution in [0, 0.1) is 0 Å². The molecule has 144 valence electrons. The van der Waals surface area contributed by atoms with Crippen LogP contribution < -0.4 is 5.32 Å². The predicted molar refractivity (Wildman–Crippen MR) is 113 cm³/mol. The van der Waals surface area contributed by atoms with E-state index in [9.17, 15) is 14.4 Å².